The molecule has 0 spiro atoms. The second-order valence-electron chi connectivity index (χ2n) is 7.32. The first-order chi connectivity index (χ1) is 13.8. The van der Waals surface area contributed by atoms with E-state index in [2.05, 4.69) is 10.6 Å². The molecule has 2 N–H and O–H groups in total. The number of hydrogen-bond acceptors (Lipinski definition) is 3. The number of benzene rings is 2. The van der Waals surface area contributed by atoms with Crippen LogP contribution >= 0.6 is 11.6 Å². The molecule has 1 heterocycles. The van der Waals surface area contributed by atoms with Crippen molar-refractivity contribution in [2.45, 2.75) is 26.7 Å². The van der Waals surface area contributed by atoms with Gasteiger partial charge >= 0.3 is 0 Å². The number of hydrogen-bond donors (Lipinski definition) is 2. The Kier molecular flexibility index (Phi) is 6.54. The molecule has 29 heavy (non-hydrogen) atoms. The van der Waals surface area contributed by atoms with Gasteiger partial charge < -0.3 is 15.5 Å². The van der Waals surface area contributed by atoms with Gasteiger partial charge in [0.05, 0.1) is 16.6 Å². The second-order valence-corrected chi connectivity index (χ2v) is 7.73. The highest BCUT2D eigenvalue weighted by Gasteiger charge is 2.29. The fourth-order valence-electron chi connectivity index (χ4n) is 3.38. The summed E-state index contributed by atoms with van der Waals surface area (Å²) in [4.78, 5) is 38.4. The van der Waals surface area contributed by atoms with Crippen LogP contribution < -0.4 is 10.6 Å². The van der Waals surface area contributed by atoms with Gasteiger partial charge in [-0.1, -0.05) is 29.3 Å². The van der Waals surface area contributed by atoms with Gasteiger partial charge in [0.15, 0.2) is 0 Å². The number of carbonyl (C=O) groups is 3. The van der Waals surface area contributed by atoms with Crippen LogP contribution in [0.4, 0.5) is 11.4 Å². The van der Waals surface area contributed by atoms with Crippen molar-refractivity contribution < 1.29 is 14.4 Å². The van der Waals surface area contributed by atoms with Crippen LogP contribution in [0.3, 0.4) is 0 Å². The zero-order chi connectivity index (χ0) is 21.0. The van der Waals surface area contributed by atoms with Crippen molar-refractivity contribution in [3.05, 3.63) is 58.6 Å². The third kappa shape index (κ3) is 5.35. The highest BCUT2D eigenvalue weighted by atomic mass is 35.5. The monoisotopic (exact) mass is 413 g/mol. The van der Waals surface area contributed by atoms with Gasteiger partial charge in [-0.2, -0.15) is 0 Å². The Balaban J connectivity index is 1.63. The van der Waals surface area contributed by atoms with Gasteiger partial charge in [0, 0.05) is 31.3 Å². The summed E-state index contributed by atoms with van der Waals surface area (Å²) in [5.74, 6) is -0.698. The van der Waals surface area contributed by atoms with E-state index in [4.69, 9.17) is 11.6 Å². The summed E-state index contributed by atoms with van der Waals surface area (Å²) in [6.45, 7) is 4.41. The molecule has 0 aliphatic carbocycles. The average molecular weight is 414 g/mol. The average Bonchev–Trinajstić information content (AvgIpc) is 2.70. The lowest BCUT2D eigenvalue weighted by molar-refractivity contribution is -0.121. The quantitative estimate of drug-likeness (QED) is 0.792. The molecule has 3 rings (SSSR count). The Morgan fingerprint density at radius 1 is 1.07 bits per heavy atom. The summed E-state index contributed by atoms with van der Waals surface area (Å²) in [5.41, 5.74) is 2.78. The number of aryl methyl sites for hydroxylation is 1. The number of likely N-dealkylation sites (tertiary alicyclic amines) is 1. The van der Waals surface area contributed by atoms with Gasteiger partial charge in [-0.05, 0) is 50.1 Å². The van der Waals surface area contributed by atoms with Crippen LogP contribution in [0.15, 0.2) is 42.5 Å². The van der Waals surface area contributed by atoms with Crippen molar-refractivity contribution in [1.82, 2.24) is 4.90 Å². The molecule has 6 nitrogen and oxygen atoms in total. The van der Waals surface area contributed by atoms with Crippen LogP contribution in [0, 0.1) is 12.8 Å². The van der Waals surface area contributed by atoms with Crippen molar-refractivity contribution in [3.8, 4) is 0 Å². The molecule has 1 unspecified atom stereocenters. The first-order valence-corrected chi connectivity index (χ1v) is 9.95. The minimum absolute atomic E-state index is 0.0507. The van der Waals surface area contributed by atoms with E-state index in [9.17, 15) is 14.4 Å². The number of rotatable bonds is 4. The smallest absolute Gasteiger partial charge is 0.253 e. The predicted octanol–water partition coefficient (Wildman–Crippen LogP) is 4.10. The molecule has 1 atom stereocenters. The molecule has 3 amide bonds. The molecule has 1 aliphatic heterocycles. The van der Waals surface area contributed by atoms with Crippen LogP contribution in [-0.2, 0) is 9.59 Å². The first kappa shape index (κ1) is 20.9. The van der Waals surface area contributed by atoms with E-state index in [0.717, 1.165) is 18.4 Å². The third-order valence-electron chi connectivity index (χ3n) is 4.93. The van der Waals surface area contributed by atoms with E-state index in [1.807, 2.05) is 31.2 Å². The summed E-state index contributed by atoms with van der Waals surface area (Å²) >= 11 is 6.17. The molecule has 7 heteroatoms. The van der Waals surface area contributed by atoms with Crippen molar-refractivity contribution >= 4 is 40.7 Å². The molecule has 0 radical (unpaired) electrons. The van der Waals surface area contributed by atoms with E-state index < -0.39 is 0 Å². The molecule has 0 saturated carbocycles. The standard InChI is InChI=1S/C22H24ClN3O3/c1-14-5-7-16(8-6-14)22(29)26-11-3-4-17(13-26)21(28)25-18-9-10-20(19(23)12-18)24-15(2)27/h5-10,12,17H,3-4,11,13H2,1-2H3,(H,24,27)(H,25,28). The van der Waals surface area contributed by atoms with Crippen LogP contribution in [0.2, 0.25) is 5.02 Å². The third-order valence-corrected chi connectivity index (χ3v) is 5.24. The van der Waals surface area contributed by atoms with Crippen molar-refractivity contribution in [2.75, 3.05) is 23.7 Å². The normalized spacial score (nSPS) is 16.2. The molecule has 0 aromatic heterocycles. The van der Waals surface area contributed by atoms with E-state index in [0.29, 0.717) is 35.1 Å². The van der Waals surface area contributed by atoms with Gasteiger partial charge in [-0.25, -0.2) is 0 Å². The second kappa shape index (κ2) is 9.09. The van der Waals surface area contributed by atoms with Gasteiger partial charge in [-0.15, -0.1) is 0 Å². The van der Waals surface area contributed by atoms with E-state index >= 15 is 0 Å². The Labute approximate surface area is 175 Å². The summed E-state index contributed by atoms with van der Waals surface area (Å²) in [6, 6.07) is 12.4. The fraction of sp³-hybridized carbons (Fsp3) is 0.318. The SMILES string of the molecule is CC(=O)Nc1ccc(NC(=O)C2CCCN(C(=O)c3ccc(C)cc3)C2)cc1Cl. The van der Waals surface area contributed by atoms with E-state index in [-0.39, 0.29) is 23.6 Å². The number of nitrogens with zero attached hydrogens (tertiary/aromatic N) is 1. The molecule has 2 aromatic rings. The lowest BCUT2D eigenvalue weighted by Crippen LogP contribution is -2.43. The lowest BCUT2D eigenvalue weighted by atomic mass is 9.96. The summed E-state index contributed by atoms with van der Waals surface area (Å²) in [5, 5.41) is 5.84. The van der Waals surface area contributed by atoms with Gasteiger partial charge in [0.25, 0.3) is 5.91 Å². The number of halogens is 1. The number of nitrogens with one attached hydrogen (secondary N) is 2. The molecule has 0 bridgehead atoms. The van der Waals surface area contributed by atoms with Gasteiger partial charge in [0.2, 0.25) is 11.8 Å². The Hall–Kier alpha value is -2.86. The Morgan fingerprint density at radius 2 is 1.79 bits per heavy atom. The topological polar surface area (TPSA) is 78.5 Å². The maximum Gasteiger partial charge on any atom is 0.253 e. The Bertz CT molecular complexity index is 927. The largest absolute Gasteiger partial charge is 0.338 e. The van der Waals surface area contributed by atoms with Crippen LogP contribution in [0.25, 0.3) is 0 Å². The van der Waals surface area contributed by atoms with Gasteiger partial charge in [-0.3, -0.25) is 14.4 Å². The maximum atomic E-state index is 12.7. The van der Waals surface area contributed by atoms with Crippen molar-refractivity contribution in [3.63, 3.8) is 0 Å². The molecule has 1 aliphatic rings. The first-order valence-electron chi connectivity index (χ1n) is 9.57. The minimum Gasteiger partial charge on any atom is -0.338 e. The van der Waals surface area contributed by atoms with Crippen LogP contribution in [-0.4, -0.2) is 35.7 Å². The van der Waals surface area contributed by atoms with Crippen molar-refractivity contribution in [1.29, 1.82) is 0 Å². The molecular formula is C22H24ClN3O3. The van der Waals surface area contributed by atoms with Gasteiger partial charge in [0.1, 0.15) is 0 Å². The van der Waals surface area contributed by atoms with Crippen LogP contribution in [0.1, 0.15) is 35.7 Å². The van der Waals surface area contributed by atoms with Crippen molar-refractivity contribution in [2.24, 2.45) is 5.92 Å². The predicted molar refractivity (Wildman–Crippen MR) is 114 cm³/mol. The lowest BCUT2D eigenvalue weighted by Gasteiger charge is -2.32. The Morgan fingerprint density at radius 3 is 2.45 bits per heavy atom. The number of amides is 3. The highest BCUT2D eigenvalue weighted by Crippen LogP contribution is 2.27. The highest BCUT2D eigenvalue weighted by molar-refractivity contribution is 6.34. The number of carbonyl (C=O) groups excluding carboxylic acids is 3. The van der Waals surface area contributed by atoms with E-state index in [1.54, 1.807) is 23.1 Å². The number of piperidine rings is 1. The maximum absolute atomic E-state index is 12.7. The summed E-state index contributed by atoms with van der Waals surface area (Å²) in [7, 11) is 0. The van der Waals surface area contributed by atoms with Crippen LogP contribution in [0.5, 0.6) is 0 Å². The zero-order valence-electron chi connectivity index (χ0n) is 16.5. The van der Waals surface area contributed by atoms with E-state index in [1.165, 1.54) is 6.92 Å². The molecular weight excluding hydrogens is 390 g/mol. The zero-order valence-corrected chi connectivity index (χ0v) is 17.3. The fourth-order valence-corrected chi connectivity index (χ4v) is 3.61. The molecule has 1 fully saturated rings. The minimum atomic E-state index is -0.285. The molecule has 1 saturated heterocycles. The number of anilines is 2. The summed E-state index contributed by atoms with van der Waals surface area (Å²) < 4.78 is 0. The molecule has 152 valence electrons. The molecule has 2 aromatic carbocycles. The summed E-state index contributed by atoms with van der Waals surface area (Å²) in [6.07, 6.45) is 1.50.